The van der Waals surface area contributed by atoms with E-state index >= 15 is 0 Å². The molecule has 1 aromatic carbocycles. The van der Waals surface area contributed by atoms with E-state index in [2.05, 4.69) is 6.58 Å². The lowest BCUT2D eigenvalue weighted by atomic mass is 10.1. The molecule has 2 heteroatoms. The standard InChI is InChI=1S/C10H13NO/c1-3-4-8-5-6-9(11)10(7-8)12-2/h3,5-7H,1,4,11H2,2H3. The average Bonchev–Trinajstić information content (AvgIpc) is 2.09. The summed E-state index contributed by atoms with van der Waals surface area (Å²) in [5.41, 5.74) is 7.48. The van der Waals surface area contributed by atoms with Crippen molar-refractivity contribution in [2.24, 2.45) is 0 Å². The number of hydrogen-bond acceptors (Lipinski definition) is 2. The van der Waals surface area contributed by atoms with Crippen LogP contribution in [0.25, 0.3) is 0 Å². The highest BCUT2D eigenvalue weighted by Gasteiger charge is 1.98. The van der Waals surface area contributed by atoms with Crippen molar-refractivity contribution in [1.29, 1.82) is 0 Å². The highest BCUT2D eigenvalue weighted by molar-refractivity contribution is 5.54. The SMILES string of the molecule is C=CCc1ccc(N)c(OC)c1. The van der Waals surface area contributed by atoms with E-state index in [1.54, 1.807) is 7.11 Å². The number of benzene rings is 1. The van der Waals surface area contributed by atoms with Gasteiger partial charge in [0.25, 0.3) is 0 Å². The number of anilines is 1. The zero-order chi connectivity index (χ0) is 8.97. The van der Waals surface area contributed by atoms with Gasteiger partial charge in [-0.1, -0.05) is 12.1 Å². The molecular formula is C10H13NO. The molecule has 0 saturated carbocycles. The fraction of sp³-hybridized carbons (Fsp3) is 0.200. The van der Waals surface area contributed by atoms with Crippen molar-refractivity contribution in [3.8, 4) is 5.75 Å². The van der Waals surface area contributed by atoms with E-state index in [1.165, 1.54) is 0 Å². The zero-order valence-electron chi connectivity index (χ0n) is 7.21. The Morgan fingerprint density at radius 2 is 2.33 bits per heavy atom. The number of nitrogens with two attached hydrogens (primary N) is 1. The first-order valence-electron chi connectivity index (χ1n) is 3.81. The summed E-state index contributed by atoms with van der Waals surface area (Å²) in [5, 5.41) is 0. The topological polar surface area (TPSA) is 35.2 Å². The molecule has 64 valence electrons. The van der Waals surface area contributed by atoms with Crippen LogP contribution in [-0.4, -0.2) is 7.11 Å². The smallest absolute Gasteiger partial charge is 0.142 e. The van der Waals surface area contributed by atoms with Crippen LogP contribution in [0.5, 0.6) is 5.75 Å². The first-order valence-corrected chi connectivity index (χ1v) is 3.81. The predicted octanol–water partition coefficient (Wildman–Crippen LogP) is 2.01. The number of ether oxygens (including phenoxy) is 1. The van der Waals surface area contributed by atoms with E-state index in [4.69, 9.17) is 10.5 Å². The zero-order valence-corrected chi connectivity index (χ0v) is 7.21. The summed E-state index contributed by atoms with van der Waals surface area (Å²) in [6, 6.07) is 5.74. The van der Waals surface area contributed by atoms with E-state index < -0.39 is 0 Å². The molecule has 12 heavy (non-hydrogen) atoms. The maximum absolute atomic E-state index is 5.65. The molecule has 0 atom stereocenters. The molecule has 0 heterocycles. The molecule has 0 spiro atoms. The van der Waals surface area contributed by atoms with Crippen LogP contribution in [0.4, 0.5) is 5.69 Å². The van der Waals surface area contributed by atoms with Gasteiger partial charge in [0.2, 0.25) is 0 Å². The lowest BCUT2D eigenvalue weighted by molar-refractivity contribution is 0.416. The molecule has 2 nitrogen and oxygen atoms in total. The lowest BCUT2D eigenvalue weighted by Crippen LogP contribution is -1.93. The van der Waals surface area contributed by atoms with Gasteiger partial charge in [0.15, 0.2) is 0 Å². The first kappa shape index (κ1) is 8.65. The maximum atomic E-state index is 5.65. The van der Waals surface area contributed by atoms with Gasteiger partial charge < -0.3 is 10.5 Å². The Hall–Kier alpha value is -1.44. The maximum Gasteiger partial charge on any atom is 0.142 e. The molecule has 0 amide bonds. The second-order valence-corrected chi connectivity index (χ2v) is 2.57. The molecule has 0 unspecified atom stereocenters. The minimum atomic E-state index is 0.672. The third kappa shape index (κ3) is 1.78. The summed E-state index contributed by atoms with van der Waals surface area (Å²) in [5.74, 6) is 0.731. The molecule has 0 aliphatic rings. The summed E-state index contributed by atoms with van der Waals surface area (Å²) >= 11 is 0. The Kier molecular flexibility index (Phi) is 2.75. The molecule has 0 aliphatic carbocycles. The summed E-state index contributed by atoms with van der Waals surface area (Å²) in [6.45, 7) is 3.66. The molecule has 1 rings (SSSR count). The second kappa shape index (κ2) is 3.81. The van der Waals surface area contributed by atoms with Crippen LogP contribution in [-0.2, 0) is 6.42 Å². The summed E-state index contributed by atoms with van der Waals surface area (Å²) in [6.07, 6.45) is 2.70. The van der Waals surface area contributed by atoms with Crippen molar-refractivity contribution >= 4 is 5.69 Å². The van der Waals surface area contributed by atoms with Crippen LogP contribution in [0.1, 0.15) is 5.56 Å². The van der Waals surface area contributed by atoms with Crippen LogP contribution in [0, 0.1) is 0 Å². The fourth-order valence-electron chi connectivity index (χ4n) is 1.05. The van der Waals surface area contributed by atoms with Gasteiger partial charge in [-0.25, -0.2) is 0 Å². The van der Waals surface area contributed by atoms with Gasteiger partial charge in [-0.3, -0.25) is 0 Å². The summed E-state index contributed by atoms with van der Waals surface area (Å²) in [7, 11) is 1.61. The molecule has 0 bridgehead atoms. The van der Waals surface area contributed by atoms with Crippen molar-refractivity contribution in [2.75, 3.05) is 12.8 Å². The monoisotopic (exact) mass is 163 g/mol. The minimum Gasteiger partial charge on any atom is -0.495 e. The Morgan fingerprint density at radius 1 is 1.58 bits per heavy atom. The first-order chi connectivity index (χ1) is 5.77. The van der Waals surface area contributed by atoms with Gasteiger partial charge >= 0.3 is 0 Å². The molecule has 0 saturated heterocycles. The minimum absolute atomic E-state index is 0.672. The van der Waals surface area contributed by atoms with Gasteiger partial charge in [0.1, 0.15) is 5.75 Å². The quantitative estimate of drug-likeness (QED) is 0.546. The van der Waals surface area contributed by atoms with Gasteiger partial charge in [0.05, 0.1) is 12.8 Å². The molecule has 0 aliphatic heterocycles. The Morgan fingerprint density at radius 3 is 2.92 bits per heavy atom. The van der Waals surface area contributed by atoms with Crippen molar-refractivity contribution in [3.05, 3.63) is 36.4 Å². The second-order valence-electron chi connectivity index (χ2n) is 2.57. The lowest BCUT2D eigenvalue weighted by Gasteiger charge is -2.05. The van der Waals surface area contributed by atoms with Crippen LogP contribution in [0.2, 0.25) is 0 Å². The number of nitrogen functional groups attached to an aromatic ring is 1. The van der Waals surface area contributed by atoms with E-state index in [1.807, 2.05) is 24.3 Å². The van der Waals surface area contributed by atoms with Crippen LogP contribution >= 0.6 is 0 Å². The van der Waals surface area contributed by atoms with Crippen molar-refractivity contribution in [2.45, 2.75) is 6.42 Å². The number of methoxy groups -OCH3 is 1. The molecule has 1 aromatic rings. The molecule has 0 aromatic heterocycles. The van der Waals surface area contributed by atoms with E-state index in [-0.39, 0.29) is 0 Å². The van der Waals surface area contributed by atoms with Crippen LogP contribution < -0.4 is 10.5 Å². The Labute approximate surface area is 72.7 Å². The number of rotatable bonds is 3. The average molecular weight is 163 g/mol. The van der Waals surface area contributed by atoms with E-state index in [9.17, 15) is 0 Å². The third-order valence-electron chi connectivity index (χ3n) is 1.68. The number of hydrogen-bond donors (Lipinski definition) is 1. The predicted molar refractivity (Wildman–Crippen MR) is 51.3 cm³/mol. The van der Waals surface area contributed by atoms with Gasteiger partial charge in [-0.05, 0) is 24.1 Å². The normalized spacial score (nSPS) is 9.42. The largest absolute Gasteiger partial charge is 0.495 e. The highest BCUT2D eigenvalue weighted by atomic mass is 16.5. The van der Waals surface area contributed by atoms with Crippen LogP contribution in [0.15, 0.2) is 30.9 Å². The van der Waals surface area contributed by atoms with Crippen molar-refractivity contribution in [3.63, 3.8) is 0 Å². The molecular weight excluding hydrogens is 150 g/mol. The summed E-state index contributed by atoms with van der Waals surface area (Å²) in [4.78, 5) is 0. The van der Waals surface area contributed by atoms with Gasteiger partial charge in [0, 0.05) is 0 Å². The third-order valence-corrected chi connectivity index (χ3v) is 1.68. The fourth-order valence-corrected chi connectivity index (χ4v) is 1.05. The number of allylic oxidation sites excluding steroid dienone is 1. The van der Waals surface area contributed by atoms with Crippen molar-refractivity contribution in [1.82, 2.24) is 0 Å². The Balaban J connectivity index is 2.96. The van der Waals surface area contributed by atoms with E-state index in [0.29, 0.717) is 5.69 Å². The molecule has 2 N–H and O–H groups in total. The molecule has 0 fully saturated rings. The van der Waals surface area contributed by atoms with Crippen molar-refractivity contribution < 1.29 is 4.74 Å². The Bertz CT molecular complexity index is 281. The summed E-state index contributed by atoms with van der Waals surface area (Å²) < 4.78 is 5.07. The van der Waals surface area contributed by atoms with Crippen LogP contribution in [0.3, 0.4) is 0 Å². The van der Waals surface area contributed by atoms with Gasteiger partial charge in [-0.15, -0.1) is 6.58 Å². The van der Waals surface area contributed by atoms with E-state index in [0.717, 1.165) is 17.7 Å². The van der Waals surface area contributed by atoms with Gasteiger partial charge in [-0.2, -0.15) is 0 Å². The molecule has 0 radical (unpaired) electrons. The highest BCUT2D eigenvalue weighted by Crippen LogP contribution is 2.22.